The lowest BCUT2D eigenvalue weighted by atomic mass is 10.1. The summed E-state index contributed by atoms with van der Waals surface area (Å²) in [6, 6.07) is 5.34. The normalized spacial score (nSPS) is 10.6. The van der Waals surface area contributed by atoms with E-state index < -0.39 is 0 Å². The van der Waals surface area contributed by atoms with E-state index in [9.17, 15) is 9.90 Å². The maximum absolute atomic E-state index is 10.9. The van der Waals surface area contributed by atoms with Crippen LogP contribution in [0.15, 0.2) is 18.2 Å². The molecule has 1 amide bonds. The Balaban J connectivity index is 2.82. The van der Waals surface area contributed by atoms with E-state index in [1.54, 1.807) is 6.07 Å². The van der Waals surface area contributed by atoms with Gasteiger partial charge in [-0.15, -0.1) is 0 Å². The van der Waals surface area contributed by atoms with Crippen LogP contribution in [-0.2, 0) is 11.3 Å². The molecule has 0 unspecified atom stereocenters. The molecule has 0 bridgehead atoms. The number of likely N-dealkylation sites (N-methyl/N-ethyl adjacent to an activating group) is 1. The van der Waals surface area contributed by atoms with Crippen molar-refractivity contribution in [3.63, 3.8) is 0 Å². The maximum Gasteiger partial charge on any atom is 0.231 e. The van der Waals surface area contributed by atoms with E-state index in [2.05, 4.69) is 0 Å². The van der Waals surface area contributed by atoms with Gasteiger partial charge in [0.25, 0.3) is 0 Å². The van der Waals surface area contributed by atoms with Crippen molar-refractivity contribution < 1.29 is 14.6 Å². The van der Waals surface area contributed by atoms with E-state index in [0.29, 0.717) is 25.4 Å². The third-order valence-corrected chi connectivity index (χ3v) is 2.60. The van der Waals surface area contributed by atoms with E-state index in [0.717, 1.165) is 5.56 Å². The minimum Gasteiger partial charge on any atom is -0.504 e. The van der Waals surface area contributed by atoms with Crippen LogP contribution in [0, 0.1) is 0 Å². The van der Waals surface area contributed by atoms with Crippen molar-refractivity contribution in [1.29, 1.82) is 0 Å². The van der Waals surface area contributed by atoms with Gasteiger partial charge in [0.1, 0.15) is 0 Å². The number of phenolic OH excluding ortho intramolecular Hbond substituents is 1. The molecule has 0 aromatic heterocycles. The highest BCUT2D eigenvalue weighted by Crippen LogP contribution is 2.30. The van der Waals surface area contributed by atoms with Crippen molar-refractivity contribution in [1.82, 2.24) is 4.90 Å². The monoisotopic (exact) mass is 252 g/mol. The number of ether oxygens (including phenoxy) is 1. The summed E-state index contributed by atoms with van der Waals surface area (Å²) in [5.41, 5.74) is 5.90. The summed E-state index contributed by atoms with van der Waals surface area (Å²) >= 11 is 0. The number of nitrogens with two attached hydrogens (primary N) is 1. The highest BCUT2D eigenvalue weighted by molar-refractivity contribution is 5.75. The van der Waals surface area contributed by atoms with Gasteiger partial charge >= 0.3 is 0 Å². The first-order valence-corrected chi connectivity index (χ1v) is 6.02. The third kappa shape index (κ3) is 3.92. The number of para-hydroxylation sites is 1. The number of rotatable bonds is 7. The molecule has 5 nitrogen and oxygen atoms in total. The lowest BCUT2D eigenvalue weighted by Gasteiger charge is -2.19. The molecule has 0 aliphatic heterocycles. The molecule has 1 aromatic carbocycles. The molecule has 0 saturated carbocycles. The Bertz CT molecular complexity index is 407. The van der Waals surface area contributed by atoms with Gasteiger partial charge in [-0.3, -0.25) is 9.69 Å². The lowest BCUT2D eigenvalue weighted by molar-refractivity contribution is -0.119. The number of phenols is 1. The van der Waals surface area contributed by atoms with E-state index >= 15 is 0 Å². The van der Waals surface area contributed by atoms with Gasteiger partial charge in [0.2, 0.25) is 5.91 Å². The Kier molecular flexibility index (Phi) is 5.45. The summed E-state index contributed by atoms with van der Waals surface area (Å²) in [4.78, 5) is 12.8. The van der Waals surface area contributed by atoms with Crippen LogP contribution in [-0.4, -0.2) is 35.6 Å². The highest BCUT2D eigenvalue weighted by Gasteiger charge is 2.12. The van der Waals surface area contributed by atoms with Crippen molar-refractivity contribution in [2.45, 2.75) is 20.4 Å². The van der Waals surface area contributed by atoms with Gasteiger partial charge in [-0.05, 0) is 19.5 Å². The summed E-state index contributed by atoms with van der Waals surface area (Å²) in [5, 5.41) is 10.0. The van der Waals surface area contributed by atoms with Gasteiger partial charge in [-0.25, -0.2) is 0 Å². The molecule has 5 heteroatoms. The minimum atomic E-state index is -0.377. The second-order valence-corrected chi connectivity index (χ2v) is 3.97. The van der Waals surface area contributed by atoms with Crippen LogP contribution in [0.5, 0.6) is 11.5 Å². The summed E-state index contributed by atoms with van der Waals surface area (Å²) < 4.78 is 5.31. The van der Waals surface area contributed by atoms with Crippen LogP contribution in [0.1, 0.15) is 19.4 Å². The minimum absolute atomic E-state index is 0.127. The van der Waals surface area contributed by atoms with Crippen LogP contribution in [0.3, 0.4) is 0 Å². The average molecular weight is 252 g/mol. The number of nitrogens with zero attached hydrogens (tertiary/aromatic N) is 1. The van der Waals surface area contributed by atoms with Gasteiger partial charge in [0, 0.05) is 12.1 Å². The summed E-state index contributed by atoms with van der Waals surface area (Å²) in [6.45, 7) is 5.61. The number of hydrogen-bond donors (Lipinski definition) is 2. The largest absolute Gasteiger partial charge is 0.504 e. The molecule has 0 atom stereocenters. The third-order valence-electron chi connectivity index (χ3n) is 2.60. The zero-order chi connectivity index (χ0) is 13.5. The van der Waals surface area contributed by atoms with E-state index in [-0.39, 0.29) is 18.2 Å². The molecule has 0 spiro atoms. The van der Waals surface area contributed by atoms with Gasteiger partial charge in [0.15, 0.2) is 11.5 Å². The molecular weight excluding hydrogens is 232 g/mol. The highest BCUT2D eigenvalue weighted by atomic mass is 16.5. The molecule has 100 valence electrons. The smallest absolute Gasteiger partial charge is 0.231 e. The van der Waals surface area contributed by atoms with E-state index in [1.165, 1.54) is 0 Å². The molecular formula is C13H20N2O3. The van der Waals surface area contributed by atoms with Crippen LogP contribution < -0.4 is 10.5 Å². The number of aromatic hydroxyl groups is 1. The van der Waals surface area contributed by atoms with Crippen molar-refractivity contribution in [2.75, 3.05) is 19.7 Å². The summed E-state index contributed by atoms with van der Waals surface area (Å²) in [7, 11) is 0. The Morgan fingerprint density at radius 3 is 2.72 bits per heavy atom. The number of carbonyl (C=O) groups excluding carboxylic acids is 1. The zero-order valence-electron chi connectivity index (χ0n) is 10.8. The molecule has 0 saturated heterocycles. The van der Waals surface area contributed by atoms with Crippen molar-refractivity contribution in [3.05, 3.63) is 23.8 Å². The molecule has 3 N–H and O–H groups in total. The first-order chi connectivity index (χ1) is 8.58. The average Bonchev–Trinajstić information content (AvgIpc) is 2.33. The van der Waals surface area contributed by atoms with Crippen molar-refractivity contribution >= 4 is 5.91 Å². The van der Waals surface area contributed by atoms with Crippen molar-refractivity contribution in [3.8, 4) is 11.5 Å². The Morgan fingerprint density at radius 1 is 1.44 bits per heavy atom. The molecule has 0 fully saturated rings. The zero-order valence-corrected chi connectivity index (χ0v) is 10.8. The van der Waals surface area contributed by atoms with Crippen LogP contribution in [0.4, 0.5) is 0 Å². The Morgan fingerprint density at radius 2 is 2.17 bits per heavy atom. The fourth-order valence-corrected chi connectivity index (χ4v) is 1.71. The van der Waals surface area contributed by atoms with Crippen LogP contribution in [0.2, 0.25) is 0 Å². The van der Waals surface area contributed by atoms with Crippen molar-refractivity contribution in [2.24, 2.45) is 5.73 Å². The first kappa shape index (κ1) is 14.3. The number of amides is 1. The summed E-state index contributed by atoms with van der Waals surface area (Å²) in [6.07, 6.45) is 0. The van der Waals surface area contributed by atoms with Crippen LogP contribution in [0.25, 0.3) is 0 Å². The molecule has 1 rings (SSSR count). The second-order valence-electron chi connectivity index (χ2n) is 3.97. The first-order valence-electron chi connectivity index (χ1n) is 6.02. The number of hydrogen-bond acceptors (Lipinski definition) is 4. The van der Waals surface area contributed by atoms with Gasteiger partial charge < -0.3 is 15.6 Å². The van der Waals surface area contributed by atoms with Gasteiger partial charge in [-0.2, -0.15) is 0 Å². The standard InChI is InChI=1S/C13H20N2O3/c1-3-15(9-12(14)16)8-10-6-5-7-11(13(10)17)18-4-2/h5-7,17H,3-4,8-9H2,1-2H3,(H2,14,16). The van der Waals surface area contributed by atoms with E-state index in [1.807, 2.05) is 30.9 Å². The summed E-state index contributed by atoms with van der Waals surface area (Å²) in [5.74, 6) is 0.213. The van der Waals surface area contributed by atoms with Crippen LogP contribution >= 0.6 is 0 Å². The fraction of sp³-hybridized carbons (Fsp3) is 0.462. The topological polar surface area (TPSA) is 75.8 Å². The van der Waals surface area contributed by atoms with E-state index in [4.69, 9.17) is 10.5 Å². The molecule has 18 heavy (non-hydrogen) atoms. The Hall–Kier alpha value is -1.75. The fourth-order valence-electron chi connectivity index (χ4n) is 1.71. The molecule has 0 heterocycles. The lowest BCUT2D eigenvalue weighted by Crippen LogP contribution is -2.33. The quantitative estimate of drug-likeness (QED) is 0.762. The Labute approximate surface area is 107 Å². The maximum atomic E-state index is 10.9. The predicted octanol–water partition coefficient (Wildman–Crippen LogP) is 1.10. The molecule has 0 radical (unpaired) electrons. The molecule has 0 aliphatic carbocycles. The number of benzene rings is 1. The van der Waals surface area contributed by atoms with Gasteiger partial charge in [0.05, 0.1) is 13.2 Å². The second kappa shape index (κ2) is 6.86. The van der Waals surface area contributed by atoms with Gasteiger partial charge in [-0.1, -0.05) is 19.1 Å². The predicted molar refractivity (Wildman–Crippen MR) is 69.4 cm³/mol. The number of carbonyl (C=O) groups is 1. The number of primary amides is 1. The molecule has 0 aliphatic rings. The molecule has 1 aromatic rings. The SMILES string of the molecule is CCOc1cccc(CN(CC)CC(N)=O)c1O.